The second-order valence-electron chi connectivity index (χ2n) is 7.17. The summed E-state index contributed by atoms with van der Waals surface area (Å²) >= 11 is 0. The number of hydrogen-bond acceptors (Lipinski definition) is 3. The van der Waals surface area contributed by atoms with Gasteiger partial charge in [0.05, 0.1) is 18.0 Å². The summed E-state index contributed by atoms with van der Waals surface area (Å²) < 4.78 is 20.9. The molecule has 0 unspecified atom stereocenters. The van der Waals surface area contributed by atoms with Crippen molar-refractivity contribution >= 4 is 11.6 Å². The largest absolute Gasteiger partial charge is 0.491 e. The Morgan fingerprint density at radius 3 is 2.69 bits per heavy atom. The topological polar surface area (TPSA) is 56.1 Å². The molecule has 1 N–H and O–H groups in total. The Bertz CT molecular complexity index is 1010. The summed E-state index contributed by atoms with van der Waals surface area (Å²) in [5.74, 6) is 0.0996. The molecule has 1 aromatic heterocycles. The fraction of sp³-hybridized carbons (Fsp3) is 0.304. The van der Waals surface area contributed by atoms with Crippen LogP contribution in [0.25, 0.3) is 5.69 Å². The van der Waals surface area contributed by atoms with Crippen LogP contribution in [0.1, 0.15) is 47.9 Å². The van der Waals surface area contributed by atoms with Crippen molar-refractivity contribution in [1.82, 2.24) is 9.78 Å². The van der Waals surface area contributed by atoms with E-state index >= 15 is 0 Å². The molecule has 1 heterocycles. The number of hydrogen-bond donors (Lipinski definition) is 1. The van der Waals surface area contributed by atoms with Crippen molar-refractivity contribution in [2.45, 2.75) is 39.0 Å². The molecule has 0 aliphatic heterocycles. The third-order valence-electron chi connectivity index (χ3n) is 5.06. The average molecular weight is 393 g/mol. The molecule has 0 fully saturated rings. The van der Waals surface area contributed by atoms with Crippen LogP contribution >= 0.6 is 0 Å². The lowest BCUT2D eigenvalue weighted by Crippen LogP contribution is -2.16. The molecule has 0 spiro atoms. The lowest BCUT2D eigenvalue weighted by atomic mass is 9.95. The Morgan fingerprint density at radius 2 is 1.90 bits per heavy atom. The first-order valence-corrected chi connectivity index (χ1v) is 10.1. The molecule has 5 nitrogen and oxygen atoms in total. The number of nitrogens with zero attached hydrogens (tertiary/aromatic N) is 2. The standard InChI is InChI=1S/C23H24FN3O2/c1-2-15-29-21-10-6-4-8-19(21)25-23(28)22-18-7-3-5-9-20(18)27(26-22)17-13-11-16(24)12-14-17/h4,6,8,10-14H,2-3,5,7,9,15H2,1H3,(H,25,28). The van der Waals surface area contributed by atoms with Crippen molar-refractivity contribution < 1.29 is 13.9 Å². The van der Waals surface area contributed by atoms with E-state index in [1.54, 1.807) is 16.8 Å². The molecule has 29 heavy (non-hydrogen) atoms. The van der Waals surface area contributed by atoms with Crippen molar-refractivity contribution in [1.29, 1.82) is 0 Å². The quantitative estimate of drug-likeness (QED) is 0.646. The highest BCUT2D eigenvalue weighted by Gasteiger charge is 2.26. The van der Waals surface area contributed by atoms with Gasteiger partial charge in [0.1, 0.15) is 11.6 Å². The first-order valence-electron chi connectivity index (χ1n) is 10.1. The molecule has 3 aromatic rings. The first-order chi connectivity index (χ1) is 14.2. The van der Waals surface area contributed by atoms with Crippen molar-refractivity contribution in [2.75, 3.05) is 11.9 Å². The summed E-state index contributed by atoms with van der Waals surface area (Å²) in [4.78, 5) is 13.1. The van der Waals surface area contributed by atoms with Crippen LogP contribution < -0.4 is 10.1 Å². The molecule has 1 aliphatic carbocycles. The van der Waals surface area contributed by atoms with Gasteiger partial charge in [0.2, 0.25) is 0 Å². The van der Waals surface area contributed by atoms with Crippen molar-refractivity contribution in [2.24, 2.45) is 0 Å². The number of carbonyl (C=O) groups is 1. The number of carbonyl (C=O) groups excluding carboxylic acids is 1. The summed E-state index contributed by atoms with van der Waals surface area (Å²) in [6.07, 6.45) is 4.63. The highest BCUT2D eigenvalue weighted by Crippen LogP contribution is 2.29. The summed E-state index contributed by atoms with van der Waals surface area (Å²) in [5, 5.41) is 7.58. The van der Waals surface area contributed by atoms with Crippen LogP contribution in [0.15, 0.2) is 48.5 Å². The van der Waals surface area contributed by atoms with Gasteiger partial charge >= 0.3 is 0 Å². The zero-order valence-corrected chi connectivity index (χ0v) is 16.5. The predicted molar refractivity (Wildman–Crippen MR) is 110 cm³/mol. The van der Waals surface area contributed by atoms with Crippen LogP contribution in [0.4, 0.5) is 10.1 Å². The van der Waals surface area contributed by atoms with Gasteiger partial charge in [0.25, 0.3) is 5.91 Å². The SMILES string of the molecule is CCCOc1ccccc1NC(=O)c1nn(-c2ccc(F)cc2)c2c1CCCC2. The maximum absolute atomic E-state index is 13.3. The first kappa shape index (κ1) is 19.2. The number of para-hydroxylation sites is 2. The lowest BCUT2D eigenvalue weighted by Gasteiger charge is -2.14. The molecular weight excluding hydrogens is 369 g/mol. The molecule has 0 radical (unpaired) electrons. The molecular formula is C23H24FN3O2. The van der Waals surface area contributed by atoms with E-state index < -0.39 is 0 Å². The van der Waals surface area contributed by atoms with Gasteiger partial charge in [-0.05, 0) is 68.5 Å². The Labute approximate surface area is 169 Å². The second-order valence-corrected chi connectivity index (χ2v) is 7.17. The number of nitrogens with one attached hydrogen (secondary N) is 1. The van der Waals surface area contributed by atoms with E-state index in [2.05, 4.69) is 10.4 Å². The smallest absolute Gasteiger partial charge is 0.276 e. The predicted octanol–water partition coefficient (Wildman–Crippen LogP) is 4.93. The Morgan fingerprint density at radius 1 is 1.14 bits per heavy atom. The minimum Gasteiger partial charge on any atom is -0.491 e. The van der Waals surface area contributed by atoms with E-state index in [0.717, 1.165) is 49.0 Å². The molecule has 0 atom stereocenters. The molecule has 4 rings (SSSR count). The molecule has 2 aromatic carbocycles. The number of anilines is 1. The summed E-state index contributed by atoms with van der Waals surface area (Å²) in [7, 11) is 0. The maximum Gasteiger partial charge on any atom is 0.276 e. The molecule has 6 heteroatoms. The van der Waals surface area contributed by atoms with Crippen LogP contribution in [0.5, 0.6) is 5.75 Å². The van der Waals surface area contributed by atoms with Crippen LogP contribution in [0.3, 0.4) is 0 Å². The molecule has 0 saturated heterocycles. The van der Waals surface area contributed by atoms with Crippen molar-refractivity contribution in [3.05, 3.63) is 71.3 Å². The minimum atomic E-state index is -0.295. The molecule has 150 valence electrons. The van der Waals surface area contributed by atoms with Gasteiger partial charge in [-0.1, -0.05) is 19.1 Å². The van der Waals surface area contributed by atoms with Crippen LogP contribution in [-0.4, -0.2) is 22.3 Å². The fourth-order valence-electron chi connectivity index (χ4n) is 3.67. The van der Waals surface area contributed by atoms with Gasteiger partial charge in [-0.25, -0.2) is 9.07 Å². The van der Waals surface area contributed by atoms with E-state index in [1.807, 2.05) is 31.2 Å². The number of rotatable bonds is 6. The normalized spacial score (nSPS) is 13.0. The van der Waals surface area contributed by atoms with Crippen molar-refractivity contribution in [3.8, 4) is 11.4 Å². The summed E-state index contributed by atoms with van der Waals surface area (Å²) in [6.45, 7) is 2.62. The number of halogens is 1. The van der Waals surface area contributed by atoms with Gasteiger partial charge in [0.15, 0.2) is 5.69 Å². The Hall–Kier alpha value is -3.15. The van der Waals surface area contributed by atoms with E-state index in [9.17, 15) is 9.18 Å². The lowest BCUT2D eigenvalue weighted by molar-refractivity contribution is 0.102. The van der Waals surface area contributed by atoms with Crippen LogP contribution in [0.2, 0.25) is 0 Å². The molecule has 0 bridgehead atoms. The van der Waals surface area contributed by atoms with E-state index in [-0.39, 0.29) is 11.7 Å². The maximum atomic E-state index is 13.3. The van der Waals surface area contributed by atoms with E-state index in [4.69, 9.17) is 4.74 Å². The number of benzene rings is 2. The molecule has 0 saturated carbocycles. The zero-order chi connectivity index (χ0) is 20.2. The number of ether oxygens (including phenoxy) is 1. The summed E-state index contributed by atoms with van der Waals surface area (Å²) in [6, 6.07) is 13.6. The third-order valence-corrected chi connectivity index (χ3v) is 5.06. The van der Waals surface area contributed by atoms with Gasteiger partial charge in [-0.2, -0.15) is 5.10 Å². The van der Waals surface area contributed by atoms with Gasteiger partial charge < -0.3 is 10.1 Å². The Balaban J connectivity index is 1.67. The van der Waals surface area contributed by atoms with Gasteiger partial charge in [-0.3, -0.25) is 4.79 Å². The van der Waals surface area contributed by atoms with Crippen molar-refractivity contribution in [3.63, 3.8) is 0 Å². The molecule has 1 amide bonds. The average Bonchev–Trinajstić information content (AvgIpc) is 3.13. The third kappa shape index (κ3) is 4.01. The Kier molecular flexibility index (Phi) is 5.60. The van der Waals surface area contributed by atoms with Gasteiger partial charge in [0, 0.05) is 11.3 Å². The highest BCUT2D eigenvalue weighted by atomic mass is 19.1. The number of fused-ring (bicyclic) bond motifs is 1. The zero-order valence-electron chi connectivity index (χ0n) is 16.5. The van der Waals surface area contributed by atoms with E-state index in [1.165, 1.54) is 12.1 Å². The monoisotopic (exact) mass is 393 g/mol. The molecule has 1 aliphatic rings. The summed E-state index contributed by atoms with van der Waals surface area (Å²) in [5.41, 5.74) is 3.82. The minimum absolute atomic E-state index is 0.253. The van der Waals surface area contributed by atoms with E-state index in [0.29, 0.717) is 23.7 Å². The van der Waals surface area contributed by atoms with Crippen LogP contribution in [-0.2, 0) is 12.8 Å². The second kappa shape index (κ2) is 8.47. The van der Waals surface area contributed by atoms with Gasteiger partial charge in [-0.15, -0.1) is 0 Å². The number of amides is 1. The fourth-order valence-corrected chi connectivity index (χ4v) is 3.67. The number of aromatic nitrogens is 2. The highest BCUT2D eigenvalue weighted by molar-refractivity contribution is 6.05. The van der Waals surface area contributed by atoms with Crippen LogP contribution in [0, 0.1) is 5.82 Å².